The summed E-state index contributed by atoms with van der Waals surface area (Å²) in [5, 5.41) is 15.3. The second-order valence-electron chi connectivity index (χ2n) is 4.71. The maximum atomic E-state index is 12.2. The lowest BCUT2D eigenvalue weighted by Crippen LogP contribution is -2.45. The molecule has 0 radical (unpaired) electrons. The minimum Gasteiger partial charge on any atom is -0.441 e. The molecule has 2 rings (SSSR count). The highest BCUT2D eigenvalue weighted by Crippen LogP contribution is 2.31. The summed E-state index contributed by atoms with van der Waals surface area (Å²) in [5.74, 6) is -1.44. The molecule has 0 aliphatic rings. The number of nitrogens with zero attached hydrogens (tertiary/aromatic N) is 3. The van der Waals surface area contributed by atoms with Gasteiger partial charge in [0.1, 0.15) is 0 Å². The fourth-order valence-electron chi connectivity index (χ4n) is 2.01. The molecule has 2 atom stereocenters. The average Bonchev–Trinajstić information content (AvgIpc) is 2.98. The third-order valence-electron chi connectivity index (χ3n) is 3.24. The van der Waals surface area contributed by atoms with E-state index < -0.39 is 27.9 Å². The number of aromatic nitrogens is 2. The first-order chi connectivity index (χ1) is 10.9. The Morgan fingerprint density at radius 1 is 1.48 bits per heavy atom. The predicted octanol–water partition coefficient (Wildman–Crippen LogP) is 2.75. The topological polar surface area (TPSA) is 108 Å². The highest BCUT2D eigenvalue weighted by molar-refractivity contribution is 6.20. The fraction of sp³-hybridized carbons (Fsp3) is 0.357. The summed E-state index contributed by atoms with van der Waals surface area (Å²) >= 11 is 5.60. The summed E-state index contributed by atoms with van der Waals surface area (Å²) in [4.78, 5) is 27.0. The summed E-state index contributed by atoms with van der Waals surface area (Å²) in [6.07, 6.45) is -0.223. The van der Waals surface area contributed by atoms with Crippen LogP contribution in [0.2, 0.25) is 0 Å². The molecule has 0 spiro atoms. The van der Waals surface area contributed by atoms with E-state index in [9.17, 15) is 14.9 Å². The third-order valence-corrected chi connectivity index (χ3v) is 3.33. The Balaban J connectivity index is 2.47. The molecule has 0 aliphatic carbocycles. The molecule has 9 heteroatoms. The molecule has 8 nitrogen and oxygen atoms in total. The van der Waals surface area contributed by atoms with Crippen LogP contribution in [0.1, 0.15) is 26.2 Å². The Morgan fingerprint density at radius 2 is 2.13 bits per heavy atom. The van der Waals surface area contributed by atoms with Crippen LogP contribution in [0.5, 0.6) is 0 Å². The molecule has 1 heterocycles. The van der Waals surface area contributed by atoms with Gasteiger partial charge in [0.25, 0.3) is 0 Å². The van der Waals surface area contributed by atoms with Crippen LogP contribution >= 0.6 is 11.6 Å². The van der Waals surface area contributed by atoms with E-state index in [1.165, 1.54) is 13.8 Å². The van der Waals surface area contributed by atoms with Crippen molar-refractivity contribution in [3.05, 3.63) is 46.3 Å². The van der Waals surface area contributed by atoms with Crippen molar-refractivity contribution in [1.29, 1.82) is 0 Å². The minimum absolute atomic E-state index is 0.145. The number of hydrogen-bond acceptors (Lipinski definition) is 7. The first-order valence-corrected chi connectivity index (χ1v) is 7.24. The monoisotopic (exact) mass is 339 g/mol. The van der Waals surface area contributed by atoms with E-state index in [4.69, 9.17) is 20.9 Å². The zero-order valence-electron chi connectivity index (χ0n) is 12.4. The summed E-state index contributed by atoms with van der Waals surface area (Å²) < 4.78 is 9.79. The molecule has 0 N–H and O–H groups in total. The SMILES string of the molecule is CCC(C(=O)OC(C)Cl)(c1nc(-c2ccccc2)no1)[N+](=O)[O-]. The number of carbonyl (C=O) groups is 1. The smallest absolute Gasteiger partial charge is 0.396 e. The highest BCUT2D eigenvalue weighted by atomic mass is 35.5. The van der Waals surface area contributed by atoms with Gasteiger partial charge in [0.2, 0.25) is 5.82 Å². The molecule has 0 fully saturated rings. The number of carbonyl (C=O) groups excluding carboxylic acids is 1. The first-order valence-electron chi connectivity index (χ1n) is 6.81. The summed E-state index contributed by atoms with van der Waals surface area (Å²) in [6, 6.07) is 8.75. The van der Waals surface area contributed by atoms with Crippen molar-refractivity contribution in [2.75, 3.05) is 0 Å². The van der Waals surface area contributed by atoms with Gasteiger partial charge in [0.05, 0.1) is 0 Å². The maximum Gasteiger partial charge on any atom is 0.396 e. The number of rotatable bonds is 6. The number of esters is 1. The number of alkyl halides is 1. The van der Waals surface area contributed by atoms with Crippen LogP contribution in [-0.4, -0.2) is 26.6 Å². The van der Waals surface area contributed by atoms with E-state index >= 15 is 0 Å². The van der Waals surface area contributed by atoms with Gasteiger partial charge in [-0.05, 0) is 6.92 Å². The van der Waals surface area contributed by atoms with Crippen LogP contribution in [0, 0.1) is 10.1 Å². The van der Waals surface area contributed by atoms with E-state index in [0.717, 1.165) is 0 Å². The summed E-state index contributed by atoms with van der Waals surface area (Å²) in [6.45, 7) is 2.83. The zero-order valence-corrected chi connectivity index (χ0v) is 13.2. The van der Waals surface area contributed by atoms with E-state index in [1.54, 1.807) is 30.3 Å². The Morgan fingerprint density at radius 3 is 2.65 bits per heavy atom. The number of ether oxygens (including phenoxy) is 1. The highest BCUT2D eigenvalue weighted by Gasteiger charge is 2.58. The van der Waals surface area contributed by atoms with Gasteiger partial charge in [0.15, 0.2) is 5.56 Å². The van der Waals surface area contributed by atoms with Gasteiger partial charge in [-0.1, -0.05) is 54.0 Å². The fourth-order valence-corrected chi connectivity index (χ4v) is 2.09. The second-order valence-corrected chi connectivity index (χ2v) is 5.32. The second kappa shape index (κ2) is 6.74. The van der Waals surface area contributed by atoms with Crippen LogP contribution in [-0.2, 0) is 15.1 Å². The molecule has 1 aromatic heterocycles. The number of hydrogen-bond donors (Lipinski definition) is 0. The normalized spacial score (nSPS) is 14.7. The summed E-state index contributed by atoms with van der Waals surface area (Å²) in [5.41, 5.74) is -2.71. The quantitative estimate of drug-likeness (QED) is 0.344. The Kier molecular flexibility index (Phi) is 4.95. The van der Waals surface area contributed by atoms with Gasteiger partial charge in [-0.15, -0.1) is 0 Å². The van der Waals surface area contributed by atoms with E-state index in [1.807, 2.05) is 0 Å². The molecule has 2 aromatic rings. The summed E-state index contributed by atoms with van der Waals surface area (Å²) in [7, 11) is 0. The predicted molar refractivity (Wildman–Crippen MR) is 80.1 cm³/mol. The molecule has 122 valence electrons. The van der Waals surface area contributed by atoms with Crippen LogP contribution < -0.4 is 0 Å². The van der Waals surface area contributed by atoms with Gasteiger partial charge in [-0.2, -0.15) is 4.98 Å². The molecule has 2 unspecified atom stereocenters. The van der Waals surface area contributed by atoms with Crippen LogP contribution in [0.4, 0.5) is 0 Å². The average molecular weight is 340 g/mol. The van der Waals surface area contributed by atoms with Crippen molar-refractivity contribution in [1.82, 2.24) is 10.1 Å². The van der Waals surface area contributed by atoms with Gasteiger partial charge in [0, 0.05) is 16.9 Å². The van der Waals surface area contributed by atoms with Crippen LogP contribution in [0.15, 0.2) is 34.9 Å². The van der Waals surface area contributed by atoms with Gasteiger partial charge in [-0.3, -0.25) is 10.1 Å². The molecule has 0 aliphatic heterocycles. The number of halogens is 1. The van der Waals surface area contributed by atoms with Crippen LogP contribution in [0.25, 0.3) is 11.4 Å². The molecule has 23 heavy (non-hydrogen) atoms. The van der Waals surface area contributed by atoms with Crippen molar-refractivity contribution in [3.8, 4) is 11.4 Å². The molecular weight excluding hydrogens is 326 g/mol. The van der Waals surface area contributed by atoms with E-state index in [0.29, 0.717) is 5.56 Å². The van der Waals surface area contributed by atoms with Crippen molar-refractivity contribution < 1.29 is 19.0 Å². The molecular formula is C14H14ClN3O5. The molecule has 0 saturated carbocycles. The largest absolute Gasteiger partial charge is 0.441 e. The number of nitro groups is 1. The van der Waals surface area contributed by atoms with Gasteiger partial charge in [-0.25, -0.2) is 4.79 Å². The molecule has 0 saturated heterocycles. The lowest BCUT2D eigenvalue weighted by molar-refractivity contribution is -0.569. The maximum absolute atomic E-state index is 12.2. The Bertz CT molecular complexity index is 703. The van der Waals surface area contributed by atoms with Crippen molar-refractivity contribution in [2.24, 2.45) is 0 Å². The van der Waals surface area contributed by atoms with Crippen molar-refractivity contribution in [3.63, 3.8) is 0 Å². The van der Waals surface area contributed by atoms with Crippen molar-refractivity contribution >= 4 is 17.6 Å². The van der Waals surface area contributed by atoms with E-state index in [-0.39, 0.29) is 12.2 Å². The standard InChI is InChI=1S/C14H14ClN3O5/c1-3-14(18(20)21,13(19)22-9(2)15)12-16-11(17-23-12)10-7-5-4-6-8-10/h4-9H,3H2,1-2H3. The lowest BCUT2D eigenvalue weighted by atomic mass is 9.97. The Hall–Kier alpha value is -2.48. The zero-order chi connectivity index (χ0) is 17.0. The van der Waals surface area contributed by atoms with Gasteiger partial charge >= 0.3 is 17.4 Å². The van der Waals surface area contributed by atoms with Crippen LogP contribution in [0.3, 0.4) is 0 Å². The third kappa shape index (κ3) is 3.16. The van der Waals surface area contributed by atoms with Crippen molar-refractivity contribution in [2.45, 2.75) is 31.4 Å². The minimum atomic E-state index is -2.29. The Labute approximate surface area is 136 Å². The molecule has 0 bridgehead atoms. The van der Waals surface area contributed by atoms with Gasteiger partial charge < -0.3 is 9.26 Å². The first kappa shape index (κ1) is 16.9. The number of benzene rings is 1. The lowest BCUT2D eigenvalue weighted by Gasteiger charge is -2.18. The molecule has 0 amide bonds. The molecule has 1 aromatic carbocycles. The van der Waals surface area contributed by atoms with E-state index in [2.05, 4.69) is 10.1 Å².